The summed E-state index contributed by atoms with van der Waals surface area (Å²) < 4.78 is 57.3. The van der Waals surface area contributed by atoms with Gasteiger partial charge in [0.05, 0.1) is 11.5 Å². The highest BCUT2D eigenvalue weighted by Crippen LogP contribution is 2.37. The van der Waals surface area contributed by atoms with Gasteiger partial charge in [0, 0.05) is 35.9 Å². The Morgan fingerprint density at radius 1 is 0.438 bits per heavy atom. The number of aromatic nitrogens is 2. The van der Waals surface area contributed by atoms with Gasteiger partial charge in [0.2, 0.25) is 0 Å². The zero-order chi connectivity index (χ0) is 34.1. The summed E-state index contributed by atoms with van der Waals surface area (Å²) in [5, 5.41) is 9.03. The molecule has 0 bridgehead atoms. The van der Waals surface area contributed by atoms with Crippen LogP contribution in [-0.4, -0.2) is 37.5 Å². The van der Waals surface area contributed by atoms with E-state index in [9.17, 15) is 16.8 Å². The van der Waals surface area contributed by atoms with E-state index in [0.717, 1.165) is 79.8 Å². The molecular weight excluding hydrogens is 637 g/mol. The number of nitrogens with zero attached hydrogens (tertiary/aromatic N) is 2. The minimum atomic E-state index is -3.40. The van der Waals surface area contributed by atoms with E-state index in [2.05, 4.69) is 62.4 Å². The van der Waals surface area contributed by atoms with E-state index in [1.54, 1.807) is 0 Å². The molecule has 0 radical (unpaired) electrons. The third-order valence-corrected chi connectivity index (χ3v) is 13.9. The van der Waals surface area contributed by atoms with Gasteiger partial charge in [-0.25, -0.2) is 16.8 Å². The molecule has 0 saturated carbocycles. The average Bonchev–Trinajstić information content (AvgIpc) is 3.58. The number of aryl methyl sites for hydroxylation is 2. The van der Waals surface area contributed by atoms with Crippen molar-refractivity contribution in [3.63, 3.8) is 0 Å². The van der Waals surface area contributed by atoms with Gasteiger partial charge in [0.15, 0.2) is 19.7 Å². The molecule has 2 aromatic heterocycles. The lowest BCUT2D eigenvalue weighted by Gasteiger charge is -2.10. The third kappa shape index (κ3) is 6.75. The maximum absolute atomic E-state index is 13.4. The fraction of sp³-hybridized carbons (Fsp3) is 0.450. The van der Waals surface area contributed by atoms with E-state index in [0.29, 0.717) is 22.9 Å². The summed E-state index contributed by atoms with van der Waals surface area (Å²) in [6.07, 6.45) is 12.5. The summed E-state index contributed by atoms with van der Waals surface area (Å²) in [7, 11) is -3.10. The van der Waals surface area contributed by atoms with Gasteiger partial charge in [-0.1, -0.05) is 102 Å². The molecule has 0 atom stereocenters. The number of sulfone groups is 2. The van der Waals surface area contributed by atoms with E-state index >= 15 is 0 Å². The third-order valence-electron chi connectivity index (χ3n) is 10.2. The highest BCUT2D eigenvalue weighted by molar-refractivity contribution is 7.91. The van der Waals surface area contributed by atoms with Crippen molar-refractivity contribution < 1.29 is 16.8 Å². The van der Waals surface area contributed by atoms with E-state index in [4.69, 9.17) is 0 Å². The van der Waals surface area contributed by atoms with Gasteiger partial charge in [-0.15, -0.1) is 0 Å². The second-order valence-electron chi connectivity index (χ2n) is 13.7. The lowest BCUT2D eigenvalue weighted by Crippen LogP contribution is -2.11. The Bertz CT molecular complexity index is 2160. The molecule has 0 saturated heterocycles. The zero-order valence-corrected chi connectivity index (χ0v) is 30.6. The van der Waals surface area contributed by atoms with Crippen molar-refractivity contribution in [2.45, 2.75) is 101 Å². The van der Waals surface area contributed by atoms with Crippen LogP contribution in [0.2, 0.25) is 0 Å². The summed E-state index contributed by atoms with van der Waals surface area (Å²) in [5.74, 6) is 0.348. The number of hydrogen-bond acceptors (Lipinski definition) is 4. The molecule has 48 heavy (non-hydrogen) atoms. The second kappa shape index (κ2) is 14.2. The molecule has 0 amide bonds. The first-order valence-corrected chi connectivity index (χ1v) is 21.2. The van der Waals surface area contributed by atoms with Crippen LogP contribution < -0.4 is 0 Å². The Balaban J connectivity index is 1.34. The quantitative estimate of drug-likeness (QED) is 0.0750. The molecule has 0 aliphatic heterocycles. The number of benzene rings is 4. The molecule has 0 aliphatic carbocycles. The van der Waals surface area contributed by atoms with Crippen molar-refractivity contribution in [1.29, 1.82) is 0 Å². The van der Waals surface area contributed by atoms with Crippen molar-refractivity contribution in [3.8, 4) is 0 Å². The van der Waals surface area contributed by atoms with E-state index in [1.165, 1.54) is 38.5 Å². The molecule has 0 unspecified atom stereocenters. The van der Waals surface area contributed by atoms with Crippen LogP contribution in [-0.2, 0) is 33.8 Å². The van der Waals surface area contributed by atoms with Crippen molar-refractivity contribution in [3.05, 3.63) is 60.7 Å². The fourth-order valence-corrected chi connectivity index (χ4v) is 10.7. The molecule has 0 fully saturated rings. The summed E-state index contributed by atoms with van der Waals surface area (Å²) in [6.45, 7) is 4.37. The van der Waals surface area contributed by atoms with Gasteiger partial charge in [-0.05, 0) is 81.6 Å². The van der Waals surface area contributed by atoms with Gasteiger partial charge >= 0.3 is 0 Å². The van der Waals surface area contributed by atoms with Crippen LogP contribution in [0.15, 0.2) is 70.7 Å². The van der Waals surface area contributed by atoms with Gasteiger partial charge in [-0.3, -0.25) is 0 Å². The molecule has 256 valence electrons. The number of unbranched alkanes of at least 4 members (excludes halogenated alkanes) is 10. The standard InChI is InChI=1S/C40H50N2O4S2/c1-5-7-9-11-13-15-21-47(43,44)39-25-31-23-29-17-19-34-33(35(29)27-37(31)41(39)3)20-18-30-24-32-26-40(42(4)38(32)28-36(30)34)48(45,46)22-16-14-12-10-8-6-2/h17-20,23-28H,5-16,21-22H2,1-4H3. The van der Waals surface area contributed by atoms with E-state index in [1.807, 2.05) is 35.4 Å². The molecule has 6 nitrogen and oxygen atoms in total. The van der Waals surface area contributed by atoms with Crippen molar-refractivity contribution >= 4 is 73.8 Å². The fourth-order valence-electron chi connectivity index (χ4n) is 7.44. The highest BCUT2D eigenvalue weighted by Gasteiger charge is 2.22. The summed E-state index contributed by atoms with van der Waals surface area (Å²) >= 11 is 0. The maximum Gasteiger partial charge on any atom is 0.193 e. The van der Waals surface area contributed by atoms with Crippen molar-refractivity contribution in [2.75, 3.05) is 11.5 Å². The molecule has 6 aromatic rings. The van der Waals surface area contributed by atoms with Crippen LogP contribution in [0.5, 0.6) is 0 Å². The van der Waals surface area contributed by atoms with E-state index < -0.39 is 19.7 Å². The van der Waals surface area contributed by atoms with Crippen LogP contribution in [0.4, 0.5) is 0 Å². The van der Waals surface area contributed by atoms with Gasteiger partial charge in [-0.2, -0.15) is 0 Å². The highest BCUT2D eigenvalue weighted by atomic mass is 32.2. The topological polar surface area (TPSA) is 78.1 Å². The van der Waals surface area contributed by atoms with Gasteiger partial charge in [0.1, 0.15) is 10.1 Å². The van der Waals surface area contributed by atoms with Crippen LogP contribution in [0.3, 0.4) is 0 Å². The Hall–Kier alpha value is -3.36. The maximum atomic E-state index is 13.4. The minimum absolute atomic E-state index is 0.174. The largest absolute Gasteiger partial charge is 0.335 e. The predicted octanol–water partition coefficient (Wildman–Crippen LogP) is 10.4. The first-order valence-electron chi connectivity index (χ1n) is 17.9. The molecule has 2 heterocycles. The molecule has 0 N–H and O–H groups in total. The first-order chi connectivity index (χ1) is 23.1. The van der Waals surface area contributed by atoms with Crippen molar-refractivity contribution in [1.82, 2.24) is 9.13 Å². The Morgan fingerprint density at radius 3 is 1.21 bits per heavy atom. The average molecular weight is 687 g/mol. The summed E-state index contributed by atoms with van der Waals surface area (Å²) in [5.41, 5.74) is 1.80. The van der Waals surface area contributed by atoms with E-state index in [-0.39, 0.29) is 11.5 Å². The molecule has 0 spiro atoms. The lowest BCUT2D eigenvalue weighted by molar-refractivity contribution is 0.575. The molecule has 6 rings (SSSR count). The second-order valence-corrected chi connectivity index (χ2v) is 17.9. The zero-order valence-electron chi connectivity index (χ0n) is 29.0. The minimum Gasteiger partial charge on any atom is -0.335 e. The Morgan fingerprint density at radius 2 is 0.812 bits per heavy atom. The SMILES string of the molecule is CCCCCCCCS(=O)(=O)c1cc2cc3ccc4c5cc6c(cc(S(=O)(=O)CCCCCCCC)n6C)cc5ccc4c3cc2n1C. The van der Waals surface area contributed by atoms with Gasteiger partial charge in [0.25, 0.3) is 0 Å². The van der Waals surface area contributed by atoms with Crippen molar-refractivity contribution in [2.24, 2.45) is 14.1 Å². The van der Waals surface area contributed by atoms with Crippen LogP contribution in [0.25, 0.3) is 54.1 Å². The monoisotopic (exact) mass is 686 g/mol. The number of rotatable bonds is 16. The lowest BCUT2D eigenvalue weighted by atomic mass is 9.96. The van der Waals surface area contributed by atoms with Crippen LogP contribution in [0, 0.1) is 0 Å². The Labute approximate surface area is 285 Å². The van der Waals surface area contributed by atoms with Crippen LogP contribution in [0.1, 0.15) is 90.9 Å². The number of hydrogen-bond donors (Lipinski definition) is 0. The predicted molar refractivity (Wildman–Crippen MR) is 203 cm³/mol. The normalized spacial score (nSPS) is 12.8. The Kier molecular flexibility index (Phi) is 10.2. The molecule has 8 heteroatoms. The van der Waals surface area contributed by atoms with Gasteiger partial charge < -0.3 is 9.13 Å². The first kappa shape index (κ1) is 34.5. The van der Waals surface area contributed by atoms with Crippen LogP contribution >= 0.6 is 0 Å². The number of fused-ring (bicyclic) bond motifs is 7. The smallest absolute Gasteiger partial charge is 0.193 e. The summed E-state index contributed by atoms with van der Waals surface area (Å²) in [4.78, 5) is 0. The molecule has 4 aromatic carbocycles. The molecule has 0 aliphatic rings. The summed E-state index contributed by atoms with van der Waals surface area (Å²) in [6, 6.07) is 20.6. The molecular formula is C40H50N2O4S2.